The summed E-state index contributed by atoms with van der Waals surface area (Å²) in [5.41, 5.74) is 4.94. The number of hydrogen-bond donors (Lipinski definition) is 2. The molecule has 0 saturated carbocycles. The van der Waals surface area contributed by atoms with Crippen LogP contribution in [0.15, 0.2) is 36.9 Å². The summed E-state index contributed by atoms with van der Waals surface area (Å²) in [6.45, 7) is 6.31. The van der Waals surface area contributed by atoms with Crippen LogP contribution in [0.25, 0.3) is 22.2 Å². The van der Waals surface area contributed by atoms with Crippen molar-refractivity contribution in [2.45, 2.75) is 51.5 Å². The maximum absolute atomic E-state index is 12.9. The third-order valence-electron chi connectivity index (χ3n) is 5.61. The molecule has 0 aliphatic heterocycles. The smallest absolute Gasteiger partial charge is 0.263 e. The van der Waals surface area contributed by atoms with Gasteiger partial charge in [-0.3, -0.25) is 14.9 Å². The van der Waals surface area contributed by atoms with Crippen LogP contribution < -0.4 is 5.32 Å². The van der Waals surface area contributed by atoms with Gasteiger partial charge in [0.25, 0.3) is 5.91 Å². The summed E-state index contributed by atoms with van der Waals surface area (Å²) in [5.74, 6) is -0.0778. The molecule has 0 fully saturated rings. The quantitative estimate of drug-likeness (QED) is 0.494. The lowest BCUT2D eigenvalue weighted by molar-refractivity contribution is 0.0935. The largest absolute Gasteiger partial charge is 0.343 e. The summed E-state index contributed by atoms with van der Waals surface area (Å²) in [4.78, 5) is 27.1. The number of thiazole rings is 1. The number of fused-ring (bicyclic) bond motifs is 2. The van der Waals surface area contributed by atoms with Crippen LogP contribution in [0.4, 0.5) is 0 Å². The Morgan fingerprint density at radius 3 is 2.87 bits per heavy atom. The van der Waals surface area contributed by atoms with Gasteiger partial charge in [0, 0.05) is 28.8 Å². The molecule has 4 aromatic heterocycles. The van der Waals surface area contributed by atoms with E-state index in [0.717, 1.165) is 52.1 Å². The molecule has 0 saturated heterocycles. The van der Waals surface area contributed by atoms with Crippen LogP contribution in [0.1, 0.15) is 65.6 Å². The first-order chi connectivity index (χ1) is 14.9. The lowest BCUT2D eigenvalue weighted by Crippen LogP contribution is -2.31. The van der Waals surface area contributed by atoms with Crippen molar-refractivity contribution in [3.8, 4) is 11.1 Å². The monoisotopic (exact) mass is 432 g/mol. The average Bonchev–Trinajstić information content (AvgIpc) is 3.43. The van der Waals surface area contributed by atoms with Crippen LogP contribution in [0, 0.1) is 0 Å². The number of H-pyrrole nitrogens is 1. The molecular weight excluding hydrogens is 408 g/mol. The molecule has 0 radical (unpaired) electrons. The highest BCUT2D eigenvalue weighted by Gasteiger charge is 2.26. The molecular formula is C23H24N6OS. The molecule has 1 aliphatic rings. The van der Waals surface area contributed by atoms with Gasteiger partial charge in [0.15, 0.2) is 5.65 Å². The van der Waals surface area contributed by atoms with Gasteiger partial charge in [0.1, 0.15) is 4.88 Å². The van der Waals surface area contributed by atoms with E-state index in [4.69, 9.17) is 4.98 Å². The lowest BCUT2D eigenvalue weighted by Gasteiger charge is -2.25. The van der Waals surface area contributed by atoms with E-state index < -0.39 is 0 Å². The Hall–Kier alpha value is -3.13. The minimum absolute atomic E-state index is 0.0635. The van der Waals surface area contributed by atoms with Crippen LogP contribution in [0.5, 0.6) is 0 Å². The number of carbonyl (C=O) groups is 1. The number of nitrogens with zero attached hydrogens (tertiary/aromatic N) is 4. The number of carbonyl (C=O) groups excluding carboxylic acids is 1. The Morgan fingerprint density at radius 2 is 2.06 bits per heavy atom. The van der Waals surface area contributed by atoms with Gasteiger partial charge in [0.2, 0.25) is 0 Å². The average molecular weight is 433 g/mol. The predicted molar refractivity (Wildman–Crippen MR) is 121 cm³/mol. The van der Waals surface area contributed by atoms with Crippen LogP contribution in [-0.4, -0.2) is 31.1 Å². The molecule has 4 aromatic rings. The number of aryl methyl sites for hydroxylation is 1. The molecule has 1 atom stereocenters. The third-order valence-corrected chi connectivity index (χ3v) is 7.03. The SMILES string of the molecule is CC(C)(C)c1ncc(C(=O)NC2CCCc3cc(-c4ccnc5[nH]ncc45)cnc32)s1. The predicted octanol–water partition coefficient (Wildman–Crippen LogP) is 4.58. The highest BCUT2D eigenvalue weighted by Crippen LogP contribution is 2.34. The first-order valence-corrected chi connectivity index (χ1v) is 11.3. The van der Waals surface area contributed by atoms with Gasteiger partial charge in [-0.2, -0.15) is 5.10 Å². The van der Waals surface area contributed by atoms with Gasteiger partial charge < -0.3 is 5.32 Å². The maximum Gasteiger partial charge on any atom is 0.263 e. The summed E-state index contributed by atoms with van der Waals surface area (Å²) >= 11 is 1.46. The molecule has 1 aliphatic carbocycles. The Labute approximate surface area is 184 Å². The zero-order valence-electron chi connectivity index (χ0n) is 17.8. The summed E-state index contributed by atoms with van der Waals surface area (Å²) in [7, 11) is 0. The van der Waals surface area contributed by atoms with Crippen molar-refractivity contribution in [1.29, 1.82) is 0 Å². The minimum Gasteiger partial charge on any atom is -0.343 e. The Kier molecular flexibility index (Phi) is 4.81. The number of amides is 1. The molecule has 5 rings (SSSR count). The molecule has 0 bridgehead atoms. The van der Waals surface area contributed by atoms with Gasteiger partial charge in [0.05, 0.1) is 29.1 Å². The second-order valence-electron chi connectivity index (χ2n) is 8.96. The second-order valence-corrected chi connectivity index (χ2v) is 9.99. The molecule has 4 heterocycles. The highest BCUT2D eigenvalue weighted by molar-refractivity contribution is 7.13. The molecule has 0 aromatic carbocycles. The Balaban J connectivity index is 1.41. The van der Waals surface area contributed by atoms with E-state index in [1.807, 2.05) is 12.3 Å². The molecule has 2 N–H and O–H groups in total. The summed E-state index contributed by atoms with van der Waals surface area (Å²) in [5, 5.41) is 12.1. The number of aromatic nitrogens is 5. The van der Waals surface area contributed by atoms with E-state index in [1.165, 1.54) is 16.9 Å². The van der Waals surface area contributed by atoms with Gasteiger partial charge in [-0.1, -0.05) is 20.8 Å². The van der Waals surface area contributed by atoms with E-state index in [1.54, 1.807) is 18.6 Å². The van der Waals surface area contributed by atoms with Crippen molar-refractivity contribution >= 4 is 28.3 Å². The summed E-state index contributed by atoms with van der Waals surface area (Å²) in [6, 6.07) is 4.09. The lowest BCUT2D eigenvalue weighted by atomic mass is 9.90. The van der Waals surface area contributed by atoms with Crippen LogP contribution in [0.3, 0.4) is 0 Å². The topological polar surface area (TPSA) is 96.5 Å². The Morgan fingerprint density at radius 1 is 1.19 bits per heavy atom. The van der Waals surface area contributed by atoms with Gasteiger partial charge in [-0.05, 0) is 42.5 Å². The number of rotatable bonds is 3. The van der Waals surface area contributed by atoms with E-state index >= 15 is 0 Å². The number of nitrogens with one attached hydrogen (secondary N) is 2. The molecule has 1 amide bonds. The van der Waals surface area contributed by atoms with Crippen molar-refractivity contribution < 1.29 is 4.79 Å². The molecule has 158 valence electrons. The standard InChI is InChI=1S/C23H24N6OS/c1-23(2,3)22-26-12-18(31-22)21(30)28-17-6-4-5-13-9-14(10-25-19(13)17)15-7-8-24-20-16(15)11-27-29-20/h7-12,17H,4-6H2,1-3H3,(H,28,30)(H,24,27,29). The fourth-order valence-electron chi connectivity index (χ4n) is 4.01. The minimum atomic E-state index is -0.0862. The van der Waals surface area contributed by atoms with Crippen LogP contribution in [0.2, 0.25) is 0 Å². The van der Waals surface area contributed by atoms with Crippen LogP contribution >= 0.6 is 11.3 Å². The molecule has 8 heteroatoms. The van der Waals surface area contributed by atoms with Gasteiger partial charge in [-0.15, -0.1) is 11.3 Å². The second kappa shape index (κ2) is 7.53. The van der Waals surface area contributed by atoms with Crippen molar-refractivity contribution in [2.75, 3.05) is 0 Å². The van der Waals surface area contributed by atoms with E-state index in [-0.39, 0.29) is 17.4 Å². The summed E-state index contributed by atoms with van der Waals surface area (Å²) < 4.78 is 0. The highest BCUT2D eigenvalue weighted by atomic mass is 32.1. The van der Waals surface area contributed by atoms with Crippen molar-refractivity contribution in [3.05, 3.63) is 58.1 Å². The molecule has 0 spiro atoms. The fraction of sp³-hybridized carbons (Fsp3) is 0.348. The zero-order chi connectivity index (χ0) is 21.6. The van der Waals surface area contributed by atoms with E-state index in [2.05, 4.69) is 52.3 Å². The van der Waals surface area contributed by atoms with E-state index in [9.17, 15) is 4.79 Å². The van der Waals surface area contributed by atoms with E-state index in [0.29, 0.717) is 4.88 Å². The number of pyridine rings is 2. The number of hydrogen-bond acceptors (Lipinski definition) is 6. The first-order valence-electron chi connectivity index (χ1n) is 10.4. The fourth-order valence-corrected chi connectivity index (χ4v) is 4.89. The van der Waals surface area contributed by atoms with Gasteiger partial charge in [-0.25, -0.2) is 9.97 Å². The normalized spacial score (nSPS) is 16.3. The third kappa shape index (κ3) is 3.72. The molecule has 7 nitrogen and oxygen atoms in total. The van der Waals surface area contributed by atoms with Gasteiger partial charge >= 0.3 is 0 Å². The Bertz CT molecular complexity index is 1270. The first kappa shape index (κ1) is 19.8. The molecule has 1 unspecified atom stereocenters. The number of aromatic amines is 1. The van der Waals surface area contributed by atoms with Crippen molar-refractivity contribution in [2.24, 2.45) is 0 Å². The zero-order valence-corrected chi connectivity index (χ0v) is 18.6. The van der Waals surface area contributed by atoms with Crippen molar-refractivity contribution in [3.63, 3.8) is 0 Å². The van der Waals surface area contributed by atoms with Crippen LogP contribution in [-0.2, 0) is 11.8 Å². The molecule has 31 heavy (non-hydrogen) atoms. The summed E-state index contributed by atoms with van der Waals surface area (Å²) in [6.07, 6.45) is 9.99. The van der Waals surface area contributed by atoms with Crippen molar-refractivity contribution in [1.82, 2.24) is 30.5 Å². The maximum atomic E-state index is 12.9.